The van der Waals surface area contributed by atoms with Gasteiger partial charge in [0.05, 0.1) is 0 Å². The van der Waals surface area contributed by atoms with Gasteiger partial charge in [-0.15, -0.1) is 0 Å². The number of fused-ring (bicyclic) bond motifs is 1. The Balaban J connectivity index is 1.57. The average molecular weight is 335 g/mol. The Kier molecular flexibility index (Phi) is 4.55. The van der Waals surface area contributed by atoms with E-state index in [9.17, 15) is 4.79 Å². The maximum absolute atomic E-state index is 12.4. The normalized spacial score (nSPS) is 13.1. The third-order valence-electron chi connectivity index (χ3n) is 3.72. The topological polar surface area (TPSA) is 32.3 Å². The molecule has 0 radical (unpaired) electrons. The number of nitrogens with one attached hydrogen (secondary N) is 1. The van der Waals surface area contributed by atoms with Gasteiger partial charge in [0.2, 0.25) is 5.91 Å². The molecule has 3 nitrogen and oxygen atoms in total. The second-order valence-corrected chi connectivity index (χ2v) is 6.13. The SMILES string of the molecule is O=C(CCNc1cc(Cl)cc(Cl)c1)N1CCc2ccccc21. The highest BCUT2D eigenvalue weighted by Gasteiger charge is 2.23. The Labute approximate surface area is 139 Å². The smallest absolute Gasteiger partial charge is 0.228 e. The minimum atomic E-state index is 0.130. The molecule has 0 aromatic heterocycles. The molecule has 1 aliphatic rings. The molecule has 2 aromatic rings. The van der Waals surface area contributed by atoms with E-state index < -0.39 is 0 Å². The van der Waals surface area contributed by atoms with Gasteiger partial charge < -0.3 is 10.2 Å². The van der Waals surface area contributed by atoms with E-state index in [1.54, 1.807) is 18.2 Å². The Morgan fingerprint density at radius 2 is 1.86 bits per heavy atom. The summed E-state index contributed by atoms with van der Waals surface area (Å²) in [4.78, 5) is 14.2. The third-order valence-corrected chi connectivity index (χ3v) is 4.16. The minimum Gasteiger partial charge on any atom is -0.384 e. The number of para-hydroxylation sites is 1. The lowest BCUT2D eigenvalue weighted by atomic mass is 10.2. The van der Waals surface area contributed by atoms with Crippen LogP contribution in [0.15, 0.2) is 42.5 Å². The molecular formula is C17H16Cl2N2O. The van der Waals surface area contributed by atoms with Gasteiger partial charge >= 0.3 is 0 Å². The lowest BCUT2D eigenvalue weighted by Crippen LogP contribution is -2.30. The summed E-state index contributed by atoms with van der Waals surface area (Å²) in [5.74, 6) is 0.130. The molecule has 22 heavy (non-hydrogen) atoms. The molecule has 3 rings (SSSR count). The first kappa shape index (κ1) is 15.2. The summed E-state index contributed by atoms with van der Waals surface area (Å²) in [6, 6.07) is 13.3. The fourth-order valence-electron chi connectivity index (χ4n) is 2.70. The van der Waals surface area contributed by atoms with Gasteiger partial charge in [-0.2, -0.15) is 0 Å². The summed E-state index contributed by atoms with van der Waals surface area (Å²) in [5, 5.41) is 4.35. The highest BCUT2D eigenvalue weighted by molar-refractivity contribution is 6.35. The van der Waals surface area contributed by atoms with Crippen molar-refractivity contribution in [2.24, 2.45) is 0 Å². The first-order chi connectivity index (χ1) is 10.6. The summed E-state index contributed by atoms with van der Waals surface area (Å²) >= 11 is 11.9. The van der Waals surface area contributed by atoms with E-state index in [4.69, 9.17) is 23.2 Å². The largest absolute Gasteiger partial charge is 0.384 e. The van der Waals surface area contributed by atoms with Crippen LogP contribution in [0.3, 0.4) is 0 Å². The van der Waals surface area contributed by atoms with Crippen molar-refractivity contribution in [1.82, 2.24) is 0 Å². The first-order valence-electron chi connectivity index (χ1n) is 7.22. The van der Waals surface area contributed by atoms with Crippen LogP contribution in [0.4, 0.5) is 11.4 Å². The lowest BCUT2D eigenvalue weighted by Gasteiger charge is -2.17. The number of benzene rings is 2. The Hall–Kier alpha value is -1.71. The summed E-state index contributed by atoms with van der Waals surface area (Å²) in [6.07, 6.45) is 1.36. The van der Waals surface area contributed by atoms with Crippen LogP contribution in [0.1, 0.15) is 12.0 Å². The van der Waals surface area contributed by atoms with Gasteiger partial charge in [-0.1, -0.05) is 41.4 Å². The zero-order valence-electron chi connectivity index (χ0n) is 12.0. The predicted octanol–water partition coefficient (Wildman–Crippen LogP) is 4.38. The van der Waals surface area contributed by atoms with Gasteiger partial charge in [-0.3, -0.25) is 4.79 Å². The third kappa shape index (κ3) is 3.37. The monoisotopic (exact) mass is 334 g/mol. The number of hydrogen-bond acceptors (Lipinski definition) is 2. The molecule has 0 aliphatic carbocycles. The number of carbonyl (C=O) groups excluding carboxylic acids is 1. The molecule has 5 heteroatoms. The minimum absolute atomic E-state index is 0.130. The summed E-state index contributed by atoms with van der Waals surface area (Å²) < 4.78 is 0. The number of anilines is 2. The molecule has 1 N–H and O–H groups in total. The summed E-state index contributed by atoms with van der Waals surface area (Å²) in [7, 11) is 0. The fraction of sp³-hybridized carbons (Fsp3) is 0.235. The van der Waals surface area contributed by atoms with Crippen LogP contribution in [-0.4, -0.2) is 19.0 Å². The van der Waals surface area contributed by atoms with Crippen LogP contribution in [0, 0.1) is 0 Å². The van der Waals surface area contributed by atoms with E-state index in [0.29, 0.717) is 23.0 Å². The molecule has 0 fully saturated rings. The molecule has 1 aliphatic heterocycles. The molecule has 2 aromatic carbocycles. The molecule has 1 amide bonds. The van der Waals surface area contributed by atoms with Crippen molar-refractivity contribution < 1.29 is 4.79 Å². The van der Waals surface area contributed by atoms with Crippen molar-refractivity contribution in [3.8, 4) is 0 Å². The summed E-state index contributed by atoms with van der Waals surface area (Å²) in [6.45, 7) is 1.31. The van der Waals surface area contributed by atoms with E-state index in [1.165, 1.54) is 5.56 Å². The van der Waals surface area contributed by atoms with Crippen molar-refractivity contribution in [2.45, 2.75) is 12.8 Å². The molecule has 0 spiro atoms. The zero-order chi connectivity index (χ0) is 15.5. The molecular weight excluding hydrogens is 319 g/mol. The second kappa shape index (κ2) is 6.59. The molecule has 0 saturated carbocycles. The Morgan fingerprint density at radius 1 is 1.14 bits per heavy atom. The first-order valence-corrected chi connectivity index (χ1v) is 7.97. The average Bonchev–Trinajstić information content (AvgIpc) is 2.90. The van der Waals surface area contributed by atoms with Crippen LogP contribution in [0.5, 0.6) is 0 Å². The van der Waals surface area contributed by atoms with E-state index >= 15 is 0 Å². The highest BCUT2D eigenvalue weighted by Crippen LogP contribution is 2.28. The van der Waals surface area contributed by atoms with Crippen molar-refractivity contribution in [3.63, 3.8) is 0 Å². The second-order valence-electron chi connectivity index (χ2n) is 5.26. The van der Waals surface area contributed by atoms with Crippen molar-refractivity contribution >= 4 is 40.5 Å². The van der Waals surface area contributed by atoms with Gasteiger partial charge in [0.25, 0.3) is 0 Å². The van der Waals surface area contributed by atoms with Gasteiger partial charge in [0, 0.05) is 40.9 Å². The van der Waals surface area contributed by atoms with Crippen molar-refractivity contribution in [1.29, 1.82) is 0 Å². The number of halogens is 2. The van der Waals surface area contributed by atoms with E-state index in [-0.39, 0.29) is 5.91 Å². The maximum Gasteiger partial charge on any atom is 0.228 e. The van der Waals surface area contributed by atoms with Crippen molar-refractivity contribution in [3.05, 3.63) is 58.1 Å². The number of carbonyl (C=O) groups is 1. The summed E-state index contributed by atoms with van der Waals surface area (Å²) in [5.41, 5.74) is 3.11. The maximum atomic E-state index is 12.4. The quantitative estimate of drug-likeness (QED) is 0.899. The zero-order valence-corrected chi connectivity index (χ0v) is 13.5. The van der Waals surface area contributed by atoms with E-state index in [1.807, 2.05) is 23.1 Å². The fourth-order valence-corrected chi connectivity index (χ4v) is 3.23. The van der Waals surface area contributed by atoms with E-state index in [2.05, 4.69) is 11.4 Å². The predicted molar refractivity (Wildman–Crippen MR) is 92.1 cm³/mol. The van der Waals surface area contributed by atoms with E-state index in [0.717, 1.165) is 24.3 Å². The number of amides is 1. The van der Waals surface area contributed by atoms with Crippen LogP contribution in [0.25, 0.3) is 0 Å². The Bertz CT molecular complexity index is 683. The lowest BCUT2D eigenvalue weighted by molar-refractivity contribution is -0.118. The van der Waals surface area contributed by atoms with Crippen LogP contribution in [-0.2, 0) is 11.2 Å². The molecule has 0 saturated heterocycles. The molecule has 114 valence electrons. The number of rotatable bonds is 4. The van der Waals surface area contributed by atoms with Crippen LogP contribution in [0.2, 0.25) is 10.0 Å². The Morgan fingerprint density at radius 3 is 2.64 bits per heavy atom. The molecule has 0 unspecified atom stereocenters. The number of hydrogen-bond donors (Lipinski definition) is 1. The number of nitrogens with zero attached hydrogens (tertiary/aromatic N) is 1. The van der Waals surface area contributed by atoms with Crippen molar-refractivity contribution in [2.75, 3.05) is 23.3 Å². The van der Waals surface area contributed by atoms with Gasteiger partial charge in [0.15, 0.2) is 0 Å². The van der Waals surface area contributed by atoms with Gasteiger partial charge in [-0.05, 0) is 36.2 Å². The standard InChI is InChI=1S/C17H16Cl2N2O/c18-13-9-14(19)11-15(10-13)20-7-5-17(22)21-8-6-12-3-1-2-4-16(12)21/h1-4,9-11,20H,5-8H2. The van der Waals surface area contributed by atoms with Crippen LogP contribution < -0.4 is 10.2 Å². The molecule has 0 atom stereocenters. The van der Waals surface area contributed by atoms with Crippen LogP contribution >= 0.6 is 23.2 Å². The molecule has 1 heterocycles. The van der Waals surface area contributed by atoms with Gasteiger partial charge in [-0.25, -0.2) is 0 Å². The molecule has 0 bridgehead atoms. The van der Waals surface area contributed by atoms with Gasteiger partial charge in [0.1, 0.15) is 0 Å². The highest BCUT2D eigenvalue weighted by atomic mass is 35.5.